The second-order valence-corrected chi connectivity index (χ2v) is 5.57. The van der Waals surface area contributed by atoms with E-state index in [1.54, 1.807) is 13.0 Å². The van der Waals surface area contributed by atoms with Gasteiger partial charge in [-0.2, -0.15) is 0 Å². The van der Waals surface area contributed by atoms with Crippen LogP contribution in [0.4, 0.5) is 4.39 Å². The van der Waals surface area contributed by atoms with Gasteiger partial charge >= 0.3 is 5.97 Å². The van der Waals surface area contributed by atoms with Crippen molar-refractivity contribution in [2.75, 3.05) is 6.54 Å². The highest BCUT2D eigenvalue weighted by Crippen LogP contribution is 2.43. The number of halogens is 1. The van der Waals surface area contributed by atoms with Crippen molar-refractivity contribution in [2.45, 2.75) is 32.6 Å². The van der Waals surface area contributed by atoms with E-state index in [9.17, 15) is 14.0 Å². The fraction of sp³-hybridized carbons (Fsp3) is 0.467. The van der Waals surface area contributed by atoms with Crippen LogP contribution in [0.15, 0.2) is 18.2 Å². The van der Waals surface area contributed by atoms with Crippen molar-refractivity contribution in [1.29, 1.82) is 0 Å². The first-order chi connectivity index (χ1) is 9.42. The number of hydrogen-bond acceptors (Lipinski definition) is 2. The topological polar surface area (TPSA) is 66.4 Å². The number of carbonyl (C=O) groups is 2. The van der Waals surface area contributed by atoms with Gasteiger partial charge in [-0.15, -0.1) is 0 Å². The molecule has 4 nitrogen and oxygen atoms in total. The van der Waals surface area contributed by atoms with Gasteiger partial charge in [-0.05, 0) is 42.9 Å². The SMILES string of the molecule is Cc1ccc(F)cc1C(=O)NCC1(CC(=O)O)CCC1. The summed E-state index contributed by atoms with van der Waals surface area (Å²) in [6.45, 7) is 2.07. The van der Waals surface area contributed by atoms with Crippen LogP contribution in [0.2, 0.25) is 0 Å². The first-order valence-corrected chi connectivity index (χ1v) is 6.68. The Morgan fingerprint density at radius 1 is 1.40 bits per heavy atom. The van der Waals surface area contributed by atoms with Crippen LogP contribution in [0.3, 0.4) is 0 Å². The number of carbonyl (C=O) groups excluding carboxylic acids is 1. The molecule has 0 bridgehead atoms. The average molecular weight is 279 g/mol. The molecule has 5 heteroatoms. The molecule has 2 N–H and O–H groups in total. The van der Waals surface area contributed by atoms with E-state index in [0.717, 1.165) is 19.3 Å². The van der Waals surface area contributed by atoms with E-state index < -0.39 is 11.8 Å². The molecule has 1 fully saturated rings. The average Bonchev–Trinajstić information content (AvgIpc) is 2.34. The molecular weight excluding hydrogens is 261 g/mol. The highest BCUT2D eigenvalue weighted by molar-refractivity contribution is 5.95. The maximum absolute atomic E-state index is 13.2. The molecule has 2 rings (SSSR count). The van der Waals surface area contributed by atoms with Crippen LogP contribution in [0, 0.1) is 18.2 Å². The molecule has 0 radical (unpaired) electrons. The molecule has 0 unspecified atom stereocenters. The van der Waals surface area contributed by atoms with Gasteiger partial charge in [-0.25, -0.2) is 4.39 Å². The van der Waals surface area contributed by atoms with Crippen molar-refractivity contribution in [1.82, 2.24) is 5.32 Å². The summed E-state index contributed by atoms with van der Waals surface area (Å²) in [6, 6.07) is 4.07. The lowest BCUT2D eigenvalue weighted by atomic mass is 9.66. The molecule has 0 saturated heterocycles. The zero-order chi connectivity index (χ0) is 14.8. The molecule has 0 aromatic heterocycles. The van der Waals surface area contributed by atoms with E-state index in [1.165, 1.54) is 12.1 Å². The summed E-state index contributed by atoms with van der Waals surface area (Å²) in [7, 11) is 0. The minimum Gasteiger partial charge on any atom is -0.481 e. The van der Waals surface area contributed by atoms with Gasteiger partial charge < -0.3 is 10.4 Å². The Labute approximate surface area is 117 Å². The van der Waals surface area contributed by atoms with Crippen molar-refractivity contribution in [3.05, 3.63) is 35.1 Å². The van der Waals surface area contributed by atoms with Crippen molar-refractivity contribution in [2.24, 2.45) is 5.41 Å². The normalized spacial score (nSPS) is 16.3. The van der Waals surface area contributed by atoms with Crippen molar-refractivity contribution < 1.29 is 19.1 Å². The number of hydrogen-bond donors (Lipinski definition) is 2. The van der Waals surface area contributed by atoms with E-state index >= 15 is 0 Å². The molecule has 1 aromatic carbocycles. The number of rotatable bonds is 5. The summed E-state index contributed by atoms with van der Waals surface area (Å²) in [5.74, 6) is -1.65. The quantitative estimate of drug-likeness (QED) is 0.870. The largest absolute Gasteiger partial charge is 0.481 e. The highest BCUT2D eigenvalue weighted by atomic mass is 19.1. The molecule has 1 amide bonds. The zero-order valence-corrected chi connectivity index (χ0v) is 11.4. The van der Waals surface area contributed by atoms with E-state index in [-0.39, 0.29) is 17.7 Å². The Bertz CT molecular complexity index is 538. The summed E-state index contributed by atoms with van der Waals surface area (Å²) in [5.41, 5.74) is 0.669. The molecule has 0 atom stereocenters. The van der Waals surface area contributed by atoms with Gasteiger partial charge in [0.05, 0.1) is 6.42 Å². The minimum absolute atomic E-state index is 0.0649. The number of amides is 1. The molecule has 1 aromatic rings. The monoisotopic (exact) mass is 279 g/mol. The fourth-order valence-electron chi connectivity index (χ4n) is 2.62. The molecule has 0 spiro atoms. The summed E-state index contributed by atoms with van der Waals surface area (Å²) in [5, 5.41) is 11.7. The number of aliphatic carboxylic acids is 1. The smallest absolute Gasteiger partial charge is 0.303 e. The maximum Gasteiger partial charge on any atom is 0.303 e. The fourth-order valence-corrected chi connectivity index (χ4v) is 2.62. The molecule has 0 aliphatic heterocycles. The third kappa shape index (κ3) is 3.15. The van der Waals surface area contributed by atoms with Crippen molar-refractivity contribution in [3.8, 4) is 0 Å². The van der Waals surface area contributed by atoms with Crippen LogP contribution in [-0.4, -0.2) is 23.5 Å². The Balaban J connectivity index is 2.01. The van der Waals surface area contributed by atoms with Crippen LogP contribution in [-0.2, 0) is 4.79 Å². The standard InChI is InChI=1S/C15H18FNO3/c1-10-3-4-11(16)7-12(10)14(20)17-9-15(5-2-6-15)8-13(18)19/h3-4,7H,2,5-6,8-9H2,1H3,(H,17,20)(H,18,19). The van der Waals surface area contributed by atoms with Crippen LogP contribution in [0.25, 0.3) is 0 Å². The zero-order valence-electron chi connectivity index (χ0n) is 11.4. The van der Waals surface area contributed by atoms with Gasteiger partial charge in [0.1, 0.15) is 5.82 Å². The molecule has 108 valence electrons. The van der Waals surface area contributed by atoms with Crippen molar-refractivity contribution in [3.63, 3.8) is 0 Å². The number of benzene rings is 1. The lowest BCUT2D eigenvalue weighted by molar-refractivity contribution is -0.141. The molecular formula is C15H18FNO3. The van der Waals surface area contributed by atoms with Crippen LogP contribution < -0.4 is 5.32 Å². The number of aryl methyl sites for hydroxylation is 1. The summed E-state index contributed by atoms with van der Waals surface area (Å²) in [4.78, 5) is 22.9. The third-order valence-electron chi connectivity index (χ3n) is 4.01. The van der Waals surface area contributed by atoms with E-state index in [4.69, 9.17) is 5.11 Å². The second-order valence-electron chi connectivity index (χ2n) is 5.57. The van der Waals surface area contributed by atoms with Gasteiger partial charge in [0.15, 0.2) is 0 Å². The summed E-state index contributed by atoms with van der Waals surface area (Å²) in [6.07, 6.45) is 2.67. The Kier molecular flexibility index (Phi) is 4.06. The van der Waals surface area contributed by atoms with Gasteiger partial charge in [0.2, 0.25) is 0 Å². The lowest BCUT2D eigenvalue weighted by Crippen LogP contribution is -2.43. The number of carboxylic acids is 1. The van der Waals surface area contributed by atoms with Crippen molar-refractivity contribution >= 4 is 11.9 Å². The van der Waals surface area contributed by atoms with Gasteiger partial charge in [0, 0.05) is 12.1 Å². The highest BCUT2D eigenvalue weighted by Gasteiger charge is 2.39. The van der Waals surface area contributed by atoms with E-state index in [2.05, 4.69) is 5.32 Å². The Hall–Kier alpha value is -1.91. The van der Waals surface area contributed by atoms with Gasteiger partial charge in [-0.3, -0.25) is 9.59 Å². The molecule has 1 aliphatic rings. The summed E-state index contributed by atoms with van der Waals surface area (Å²) < 4.78 is 13.2. The lowest BCUT2D eigenvalue weighted by Gasteiger charge is -2.40. The molecule has 1 saturated carbocycles. The van der Waals surface area contributed by atoms with Crippen LogP contribution in [0.1, 0.15) is 41.6 Å². The number of carboxylic acid groups (broad SMARTS) is 1. The van der Waals surface area contributed by atoms with E-state index in [0.29, 0.717) is 17.7 Å². The van der Waals surface area contributed by atoms with E-state index in [1.807, 2.05) is 0 Å². The summed E-state index contributed by atoms with van der Waals surface area (Å²) >= 11 is 0. The second kappa shape index (κ2) is 5.61. The third-order valence-corrected chi connectivity index (χ3v) is 4.01. The Morgan fingerprint density at radius 2 is 2.10 bits per heavy atom. The van der Waals surface area contributed by atoms with Gasteiger partial charge in [-0.1, -0.05) is 12.5 Å². The molecule has 20 heavy (non-hydrogen) atoms. The predicted octanol–water partition coefficient (Wildman–Crippen LogP) is 2.51. The molecule has 0 heterocycles. The van der Waals surface area contributed by atoms with Crippen LogP contribution in [0.5, 0.6) is 0 Å². The van der Waals surface area contributed by atoms with Gasteiger partial charge in [0.25, 0.3) is 5.91 Å². The Morgan fingerprint density at radius 3 is 2.65 bits per heavy atom. The van der Waals surface area contributed by atoms with Crippen LogP contribution >= 0.6 is 0 Å². The first-order valence-electron chi connectivity index (χ1n) is 6.68. The number of nitrogens with one attached hydrogen (secondary N) is 1. The maximum atomic E-state index is 13.2. The first kappa shape index (κ1) is 14.5. The molecule has 1 aliphatic carbocycles. The predicted molar refractivity (Wildman–Crippen MR) is 72.0 cm³/mol. The minimum atomic E-state index is -0.846.